The molecule has 2 aromatic carbocycles. The Balaban J connectivity index is 1.53. The quantitative estimate of drug-likeness (QED) is 0.261. The van der Waals surface area contributed by atoms with Crippen molar-refractivity contribution in [2.45, 2.75) is 17.5 Å². The maximum Gasteiger partial charge on any atom is 0.192 e. The lowest BCUT2D eigenvalue weighted by atomic mass is 10.2. The van der Waals surface area contributed by atoms with Crippen LogP contribution >= 0.6 is 34.7 Å². The highest BCUT2D eigenvalue weighted by Gasteiger charge is 2.14. The molecule has 7 heteroatoms. The number of rotatable bonds is 7. The van der Waals surface area contributed by atoms with Crippen molar-refractivity contribution in [3.8, 4) is 22.0 Å². The second-order valence-corrected chi connectivity index (χ2v) is 8.25. The molecule has 2 heterocycles. The minimum absolute atomic E-state index is 0.639. The average Bonchev–Trinajstić information content (AvgIpc) is 3.35. The highest BCUT2D eigenvalue weighted by Crippen LogP contribution is 2.29. The van der Waals surface area contributed by atoms with E-state index in [1.807, 2.05) is 48.5 Å². The van der Waals surface area contributed by atoms with Crippen molar-refractivity contribution in [1.29, 1.82) is 0 Å². The molecule has 0 saturated heterocycles. The summed E-state index contributed by atoms with van der Waals surface area (Å²) in [5.41, 5.74) is 3.16. The zero-order chi connectivity index (χ0) is 19.3. The Morgan fingerprint density at radius 1 is 1.04 bits per heavy atom. The lowest BCUT2D eigenvalue weighted by Gasteiger charge is -2.07. The average molecular weight is 425 g/mol. The van der Waals surface area contributed by atoms with Crippen LogP contribution in [0.2, 0.25) is 5.02 Å². The molecular formula is C21H17ClN4S2. The molecule has 2 aromatic heterocycles. The van der Waals surface area contributed by atoms with E-state index in [0.717, 1.165) is 38.6 Å². The minimum Gasteiger partial charge on any atom is -0.298 e. The summed E-state index contributed by atoms with van der Waals surface area (Å²) in [5, 5.41) is 13.4. The molecule has 0 N–H and O–H groups in total. The number of nitrogens with zero attached hydrogens (tertiary/aromatic N) is 4. The van der Waals surface area contributed by atoms with E-state index in [1.165, 1.54) is 0 Å². The third-order valence-electron chi connectivity index (χ3n) is 4.05. The molecule has 0 amide bonds. The molecule has 140 valence electrons. The molecule has 4 aromatic rings. The van der Waals surface area contributed by atoms with E-state index in [9.17, 15) is 0 Å². The lowest BCUT2D eigenvalue weighted by Crippen LogP contribution is -2.00. The number of halogens is 1. The smallest absolute Gasteiger partial charge is 0.192 e. The zero-order valence-electron chi connectivity index (χ0n) is 15.0. The van der Waals surface area contributed by atoms with Gasteiger partial charge in [0.25, 0.3) is 0 Å². The first kappa shape index (κ1) is 18.9. The number of allylic oxidation sites excluding steroid dienone is 1. The van der Waals surface area contributed by atoms with Crippen LogP contribution < -0.4 is 0 Å². The summed E-state index contributed by atoms with van der Waals surface area (Å²) in [6.45, 7) is 4.50. The lowest BCUT2D eigenvalue weighted by molar-refractivity contribution is 0.731. The molecule has 0 atom stereocenters. The van der Waals surface area contributed by atoms with Crippen LogP contribution in [0.4, 0.5) is 0 Å². The highest BCUT2D eigenvalue weighted by atomic mass is 35.5. The van der Waals surface area contributed by atoms with Gasteiger partial charge in [-0.2, -0.15) is 0 Å². The van der Waals surface area contributed by atoms with Gasteiger partial charge in [0.2, 0.25) is 0 Å². The van der Waals surface area contributed by atoms with Gasteiger partial charge in [-0.05, 0) is 24.3 Å². The molecule has 0 spiro atoms. The molecule has 0 saturated carbocycles. The predicted molar refractivity (Wildman–Crippen MR) is 118 cm³/mol. The summed E-state index contributed by atoms with van der Waals surface area (Å²) in [4.78, 5) is 4.75. The fourth-order valence-corrected chi connectivity index (χ4v) is 4.62. The Labute approximate surface area is 176 Å². The first-order valence-corrected chi connectivity index (χ1v) is 10.9. The van der Waals surface area contributed by atoms with Gasteiger partial charge in [0.15, 0.2) is 11.0 Å². The van der Waals surface area contributed by atoms with E-state index in [2.05, 4.69) is 38.9 Å². The van der Waals surface area contributed by atoms with Crippen LogP contribution in [0.1, 0.15) is 5.69 Å². The molecular weight excluding hydrogens is 408 g/mol. The molecule has 0 aliphatic carbocycles. The van der Waals surface area contributed by atoms with E-state index in [-0.39, 0.29) is 0 Å². The Morgan fingerprint density at radius 3 is 2.57 bits per heavy atom. The van der Waals surface area contributed by atoms with Crippen LogP contribution in [-0.2, 0) is 12.3 Å². The minimum atomic E-state index is 0.639. The van der Waals surface area contributed by atoms with Crippen LogP contribution in [0.3, 0.4) is 0 Å². The van der Waals surface area contributed by atoms with Crippen LogP contribution in [0.5, 0.6) is 0 Å². The monoisotopic (exact) mass is 424 g/mol. The number of hydrogen-bond donors (Lipinski definition) is 0. The summed E-state index contributed by atoms with van der Waals surface area (Å²) < 4.78 is 2.06. The number of hydrogen-bond acceptors (Lipinski definition) is 5. The maximum atomic E-state index is 6.00. The van der Waals surface area contributed by atoms with Gasteiger partial charge in [-0.25, -0.2) is 4.98 Å². The molecule has 4 rings (SSSR count). The Hall–Kier alpha value is -2.41. The van der Waals surface area contributed by atoms with Crippen molar-refractivity contribution in [3.63, 3.8) is 0 Å². The van der Waals surface area contributed by atoms with Gasteiger partial charge in [0.05, 0.1) is 5.69 Å². The highest BCUT2D eigenvalue weighted by molar-refractivity contribution is 7.98. The molecule has 0 fully saturated rings. The van der Waals surface area contributed by atoms with E-state index >= 15 is 0 Å². The zero-order valence-corrected chi connectivity index (χ0v) is 17.3. The van der Waals surface area contributed by atoms with Crippen molar-refractivity contribution in [2.24, 2.45) is 0 Å². The Kier molecular flexibility index (Phi) is 5.90. The standard InChI is InChI=1S/C21H17ClN4S2/c1-2-12-26-19(15-8-10-17(22)11-9-15)24-25-21(26)28-14-18-13-27-20(23-18)16-6-4-3-5-7-16/h2-11,13H,1,12,14H2. The molecule has 0 aliphatic heterocycles. The fraction of sp³-hybridized carbons (Fsp3) is 0.0952. The van der Waals surface area contributed by atoms with Crippen molar-refractivity contribution < 1.29 is 0 Å². The van der Waals surface area contributed by atoms with Gasteiger partial charge in [0, 0.05) is 33.8 Å². The van der Waals surface area contributed by atoms with E-state index in [1.54, 1.807) is 23.1 Å². The second kappa shape index (κ2) is 8.73. The predicted octanol–water partition coefficient (Wildman–Crippen LogP) is 6.20. The second-order valence-electron chi connectivity index (χ2n) is 6.01. The van der Waals surface area contributed by atoms with Gasteiger partial charge < -0.3 is 0 Å². The molecule has 0 aliphatic rings. The Bertz CT molecular complexity index is 1070. The van der Waals surface area contributed by atoms with Gasteiger partial charge in [-0.15, -0.1) is 28.1 Å². The van der Waals surface area contributed by atoms with Crippen molar-refractivity contribution in [3.05, 3.63) is 83.3 Å². The van der Waals surface area contributed by atoms with Gasteiger partial charge in [-0.1, -0.05) is 59.8 Å². The number of thioether (sulfide) groups is 1. The Morgan fingerprint density at radius 2 is 1.82 bits per heavy atom. The largest absolute Gasteiger partial charge is 0.298 e. The van der Waals surface area contributed by atoms with E-state index < -0.39 is 0 Å². The van der Waals surface area contributed by atoms with Crippen molar-refractivity contribution in [1.82, 2.24) is 19.7 Å². The van der Waals surface area contributed by atoms with Gasteiger partial charge in [0.1, 0.15) is 5.01 Å². The third-order valence-corrected chi connectivity index (χ3v) is 6.25. The van der Waals surface area contributed by atoms with E-state index in [4.69, 9.17) is 16.6 Å². The summed E-state index contributed by atoms with van der Waals surface area (Å²) in [5.74, 6) is 1.54. The van der Waals surface area contributed by atoms with Gasteiger partial charge in [-0.3, -0.25) is 4.57 Å². The number of aromatic nitrogens is 4. The third kappa shape index (κ3) is 4.19. The summed E-state index contributed by atoms with van der Waals surface area (Å²) in [6, 6.07) is 17.8. The topological polar surface area (TPSA) is 43.6 Å². The summed E-state index contributed by atoms with van der Waals surface area (Å²) in [6.07, 6.45) is 1.85. The molecule has 0 bridgehead atoms. The van der Waals surface area contributed by atoms with Crippen molar-refractivity contribution >= 4 is 34.7 Å². The van der Waals surface area contributed by atoms with Gasteiger partial charge >= 0.3 is 0 Å². The summed E-state index contributed by atoms with van der Waals surface area (Å²) in [7, 11) is 0. The fourth-order valence-electron chi connectivity index (χ4n) is 2.73. The van der Waals surface area contributed by atoms with Crippen LogP contribution in [0, 0.1) is 0 Å². The maximum absolute atomic E-state index is 6.00. The molecule has 0 radical (unpaired) electrons. The van der Waals surface area contributed by atoms with E-state index in [0.29, 0.717) is 11.6 Å². The molecule has 0 unspecified atom stereocenters. The molecule has 28 heavy (non-hydrogen) atoms. The summed E-state index contributed by atoms with van der Waals surface area (Å²) >= 11 is 9.29. The number of thiazole rings is 1. The van der Waals surface area contributed by atoms with Crippen LogP contribution in [-0.4, -0.2) is 19.7 Å². The van der Waals surface area contributed by atoms with Crippen LogP contribution in [0.15, 0.2) is 77.8 Å². The first-order chi connectivity index (χ1) is 13.7. The molecule has 4 nitrogen and oxygen atoms in total. The van der Waals surface area contributed by atoms with Crippen LogP contribution in [0.25, 0.3) is 22.0 Å². The SMILES string of the molecule is C=CCn1c(SCc2csc(-c3ccccc3)n2)nnc1-c1ccc(Cl)cc1. The first-order valence-electron chi connectivity index (χ1n) is 8.67. The number of benzene rings is 2. The normalized spacial score (nSPS) is 10.9. The van der Waals surface area contributed by atoms with Crippen molar-refractivity contribution in [2.75, 3.05) is 0 Å².